The van der Waals surface area contributed by atoms with E-state index in [1.165, 1.54) is 12.1 Å². The highest BCUT2D eigenvalue weighted by atomic mass is 35.5. The quantitative estimate of drug-likeness (QED) is 0.654. The first-order chi connectivity index (χ1) is 12.0. The van der Waals surface area contributed by atoms with E-state index in [4.69, 9.17) is 16.3 Å². The Labute approximate surface area is 148 Å². The molecule has 0 saturated carbocycles. The molecule has 0 radical (unpaired) electrons. The van der Waals surface area contributed by atoms with Crippen LogP contribution in [-0.2, 0) is 4.79 Å². The van der Waals surface area contributed by atoms with Gasteiger partial charge in [-0.1, -0.05) is 11.6 Å². The van der Waals surface area contributed by atoms with E-state index in [2.05, 4.69) is 21.1 Å². The van der Waals surface area contributed by atoms with Crippen LogP contribution in [0.25, 0.3) is 0 Å². The van der Waals surface area contributed by atoms with Crippen LogP contribution in [0.1, 0.15) is 6.92 Å². The molecule has 0 aromatic heterocycles. The number of amides is 1. The molecule has 3 N–H and O–H groups in total. The second-order valence-electron chi connectivity index (χ2n) is 5.85. The molecular weight excluding hydrogens is 349 g/mol. The lowest BCUT2D eigenvalue weighted by atomic mass is 10.2. The highest BCUT2D eigenvalue weighted by Crippen LogP contribution is 2.35. The summed E-state index contributed by atoms with van der Waals surface area (Å²) >= 11 is 6.15. The van der Waals surface area contributed by atoms with Crippen LogP contribution in [0.2, 0.25) is 5.02 Å². The number of ether oxygens (including phenoxy) is 1. The molecule has 1 aromatic carbocycles. The van der Waals surface area contributed by atoms with E-state index in [1.807, 2.05) is 0 Å². The minimum atomic E-state index is -0.489. The molecule has 0 fully saturated rings. The van der Waals surface area contributed by atoms with Gasteiger partial charge in [0.2, 0.25) is 0 Å². The summed E-state index contributed by atoms with van der Waals surface area (Å²) in [5.41, 5.74) is 3.95. The standard InChI is InChI=1S/C16H15ClFN5O2/c1-8-6-19-16(24)10-7-20-23-3-2-13(22-15(10)23)21-12-5-9(18)4-11(17)14(12)25-8/h2-5,8,20H,6-7H2,1H3,(H,19,24)(H,21,22). The number of amidine groups is 1. The number of carbonyl (C=O) groups is 1. The van der Waals surface area contributed by atoms with Gasteiger partial charge in [-0.3, -0.25) is 9.80 Å². The van der Waals surface area contributed by atoms with Crippen LogP contribution in [-0.4, -0.2) is 35.9 Å². The average molecular weight is 364 g/mol. The molecule has 3 heterocycles. The molecule has 0 saturated heterocycles. The third kappa shape index (κ3) is 2.94. The molecule has 1 unspecified atom stereocenters. The van der Waals surface area contributed by atoms with E-state index in [1.54, 1.807) is 24.2 Å². The van der Waals surface area contributed by atoms with Crippen molar-refractivity contribution in [1.29, 1.82) is 0 Å². The molecule has 25 heavy (non-hydrogen) atoms. The molecule has 1 atom stereocenters. The molecule has 9 heteroatoms. The fraction of sp³-hybridized carbons (Fsp3) is 0.250. The summed E-state index contributed by atoms with van der Waals surface area (Å²) in [6.45, 7) is 2.44. The van der Waals surface area contributed by atoms with Crippen LogP contribution in [0.3, 0.4) is 0 Å². The smallest absolute Gasteiger partial charge is 0.252 e. The third-order valence-corrected chi connectivity index (χ3v) is 4.23. The lowest BCUT2D eigenvalue weighted by Crippen LogP contribution is -2.35. The Morgan fingerprint density at radius 1 is 1.44 bits per heavy atom. The Morgan fingerprint density at radius 2 is 2.28 bits per heavy atom. The summed E-state index contributed by atoms with van der Waals surface area (Å²) < 4.78 is 19.6. The number of hydrogen-bond donors (Lipinski definition) is 3. The summed E-state index contributed by atoms with van der Waals surface area (Å²) in [4.78, 5) is 16.9. The van der Waals surface area contributed by atoms with Crippen molar-refractivity contribution >= 4 is 29.0 Å². The van der Waals surface area contributed by atoms with Crippen molar-refractivity contribution in [3.8, 4) is 5.75 Å². The van der Waals surface area contributed by atoms with Gasteiger partial charge in [0.1, 0.15) is 17.8 Å². The number of halogens is 2. The fourth-order valence-electron chi connectivity index (χ4n) is 2.75. The summed E-state index contributed by atoms with van der Waals surface area (Å²) in [7, 11) is 0. The number of benzene rings is 1. The van der Waals surface area contributed by atoms with E-state index < -0.39 is 5.82 Å². The minimum Gasteiger partial charge on any atom is -0.485 e. The molecule has 3 aliphatic heterocycles. The van der Waals surface area contributed by atoms with E-state index in [0.29, 0.717) is 35.2 Å². The van der Waals surface area contributed by atoms with Gasteiger partial charge < -0.3 is 15.4 Å². The first-order valence-corrected chi connectivity index (χ1v) is 8.13. The van der Waals surface area contributed by atoms with Crippen molar-refractivity contribution in [2.75, 3.05) is 18.4 Å². The number of carbonyl (C=O) groups excluding carboxylic acids is 1. The largest absolute Gasteiger partial charge is 0.485 e. The normalized spacial score (nSPS) is 22.2. The van der Waals surface area contributed by atoms with E-state index in [-0.39, 0.29) is 23.6 Å². The number of aliphatic imine (C=N–C) groups is 1. The SMILES string of the molecule is CC1CNC(=O)C2=C3N=C(C=CN3NC2)Nc2cc(F)cc(Cl)c2O1. The predicted octanol–water partition coefficient (Wildman–Crippen LogP) is 1.75. The Kier molecular flexibility index (Phi) is 3.85. The number of hydrazine groups is 1. The second-order valence-corrected chi connectivity index (χ2v) is 6.25. The Morgan fingerprint density at radius 3 is 3.12 bits per heavy atom. The molecule has 0 spiro atoms. The monoisotopic (exact) mass is 363 g/mol. The van der Waals surface area contributed by atoms with E-state index in [9.17, 15) is 9.18 Å². The Balaban J connectivity index is 1.82. The van der Waals surface area contributed by atoms with Crippen molar-refractivity contribution in [2.45, 2.75) is 13.0 Å². The molecule has 1 aromatic rings. The van der Waals surface area contributed by atoms with Gasteiger partial charge in [-0.05, 0) is 19.1 Å². The zero-order valence-corrected chi connectivity index (χ0v) is 14.0. The van der Waals surface area contributed by atoms with Crippen molar-refractivity contribution in [3.05, 3.63) is 46.6 Å². The van der Waals surface area contributed by atoms with Crippen LogP contribution in [0.5, 0.6) is 5.75 Å². The number of anilines is 1. The van der Waals surface area contributed by atoms with Gasteiger partial charge in [-0.2, -0.15) is 0 Å². The van der Waals surface area contributed by atoms with Gasteiger partial charge in [-0.25, -0.2) is 14.8 Å². The van der Waals surface area contributed by atoms with E-state index >= 15 is 0 Å². The number of fused-ring (bicyclic) bond motifs is 1. The Bertz CT molecular complexity index is 851. The van der Waals surface area contributed by atoms with Gasteiger partial charge in [0.05, 0.1) is 22.8 Å². The van der Waals surface area contributed by atoms with Crippen molar-refractivity contribution in [3.63, 3.8) is 0 Å². The van der Waals surface area contributed by atoms with Gasteiger partial charge >= 0.3 is 0 Å². The highest BCUT2D eigenvalue weighted by Gasteiger charge is 2.29. The first-order valence-electron chi connectivity index (χ1n) is 7.75. The summed E-state index contributed by atoms with van der Waals surface area (Å²) in [5.74, 6) is 0.547. The first kappa shape index (κ1) is 15.9. The van der Waals surface area contributed by atoms with Crippen molar-refractivity contribution < 1.29 is 13.9 Å². The molecule has 7 nitrogen and oxygen atoms in total. The van der Waals surface area contributed by atoms with Gasteiger partial charge in [0, 0.05) is 18.8 Å². The van der Waals surface area contributed by atoms with Crippen molar-refractivity contribution in [2.24, 2.45) is 4.99 Å². The van der Waals surface area contributed by atoms with Gasteiger partial charge in [0.15, 0.2) is 11.6 Å². The molecule has 130 valence electrons. The van der Waals surface area contributed by atoms with Crippen LogP contribution < -0.4 is 20.8 Å². The number of nitrogens with one attached hydrogen (secondary N) is 3. The van der Waals surface area contributed by atoms with Crippen molar-refractivity contribution in [1.82, 2.24) is 15.8 Å². The maximum atomic E-state index is 13.8. The lowest BCUT2D eigenvalue weighted by Gasteiger charge is -2.23. The molecular formula is C16H15ClFN5O2. The van der Waals surface area contributed by atoms with Crippen LogP contribution in [0.4, 0.5) is 10.1 Å². The lowest BCUT2D eigenvalue weighted by molar-refractivity contribution is -0.117. The van der Waals surface area contributed by atoms with Gasteiger partial charge in [-0.15, -0.1) is 0 Å². The molecule has 4 rings (SSSR count). The summed E-state index contributed by atoms with van der Waals surface area (Å²) in [6, 6.07) is 2.48. The number of nitrogens with zero attached hydrogens (tertiary/aromatic N) is 2. The third-order valence-electron chi connectivity index (χ3n) is 3.95. The highest BCUT2D eigenvalue weighted by molar-refractivity contribution is 6.32. The minimum absolute atomic E-state index is 0.141. The Hall–Kier alpha value is -2.58. The van der Waals surface area contributed by atoms with Crippen LogP contribution in [0, 0.1) is 5.82 Å². The molecule has 2 bridgehead atoms. The molecule has 3 aliphatic rings. The zero-order chi connectivity index (χ0) is 17.6. The fourth-order valence-corrected chi connectivity index (χ4v) is 3.00. The maximum Gasteiger partial charge on any atom is 0.252 e. The maximum absolute atomic E-state index is 13.8. The van der Waals surface area contributed by atoms with Crippen LogP contribution >= 0.6 is 11.6 Å². The number of hydrogen-bond acceptors (Lipinski definition) is 6. The molecule has 1 amide bonds. The average Bonchev–Trinajstić information content (AvgIpc) is 2.98. The van der Waals surface area contributed by atoms with E-state index in [0.717, 1.165) is 0 Å². The summed E-state index contributed by atoms with van der Waals surface area (Å²) in [5, 5.41) is 7.66. The van der Waals surface area contributed by atoms with Gasteiger partial charge in [0.25, 0.3) is 5.91 Å². The summed E-state index contributed by atoms with van der Waals surface area (Å²) in [6.07, 6.45) is 3.08. The second kappa shape index (κ2) is 6.05. The van der Waals surface area contributed by atoms with Crippen LogP contribution in [0.15, 0.2) is 40.8 Å². The predicted molar refractivity (Wildman–Crippen MR) is 91.6 cm³/mol. The molecule has 0 aliphatic carbocycles. The number of rotatable bonds is 0. The zero-order valence-electron chi connectivity index (χ0n) is 13.3. The topological polar surface area (TPSA) is 78.0 Å².